The third kappa shape index (κ3) is 3.24. The molecule has 0 saturated carbocycles. The van der Waals surface area contributed by atoms with E-state index in [9.17, 15) is 14.4 Å². The summed E-state index contributed by atoms with van der Waals surface area (Å²) in [5.41, 5.74) is 2.77. The molecule has 3 N–H and O–H groups in total. The zero-order valence-corrected chi connectivity index (χ0v) is 14.7. The molecule has 0 spiro atoms. The normalized spacial score (nSPS) is 25.5. The first-order valence-electron chi connectivity index (χ1n) is 9.33. The number of carbonyl (C=O) groups is 3. The predicted molar refractivity (Wildman–Crippen MR) is 95.2 cm³/mol. The number of rotatable bonds is 5. The molecule has 3 aliphatic rings. The van der Waals surface area contributed by atoms with Crippen molar-refractivity contribution in [1.82, 2.24) is 20.9 Å². The first-order valence-corrected chi connectivity index (χ1v) is 9.33. The van der Waals surface area contributed by atoms with Gasteiger partial charge in [-0.15, -0.1) is 0 Å². The maximum absolute atomic E-state index is 12.8. The van der Waals surface area contributed by atoms with Gasteiger partial charge in [0.05, 0.1) is 0 Å². The quantitative estimate of drug-likeness (QED) is 0.660. The molecule has 26 heavy (non-hydrogen) atoms. The van der Waals surface area contributed by atoms with Crippen molar-refractivity contribution in [2.24, 2.45) is 0 Å². The Balaban J connectivity index is 1.45. The van der Waals surface area contributed by atoms with Gasteiger partial charge in [0.2, 0.25) is 11.8 Å². The summed E-state index contributed by atoms with van der Waals surface area (Å²) in [6.45, 7) is 3.13. The van der Waals surface area contributed by atoms with Crippen molar-refractivity contribution in [1.29, 1.82) is 0 Å². The van der Waals surface area contributed by atoms with Gasteiger partial charge in [-0.25, -0.2) is 0 Å². The number of amides is 3. The average Bonchev–Trinajstić information content (AvgIpc) is 3.24. The van der Waals surface area contributed by atoms with Crippen molar-refractivity contribution in [3.63, 3.8) is 0 Å². The molecule has 0 aromatic heterocycles. The summed E-state index contributed by atoms with van der Waals surface area (Å²) in [5, 5.41) is 9.29. The lowest BCUT2D eigenvalue weighted by atomic mass is 10.0. The number of hydrogen-bond donors (Lipinski definition) is 3. The fourth-order valence-corrected chi connectivity index (χ4v) is 4.13. The van der Waals surface area contributed by atoms with Crippen LogP contribution in [-0.4, -0.2) is 47.8 Å². The number of benzene rings is 1. The molecule has 7 nitrogen and oxygen atoms in total. The molecule has 1 aromatic carbocycles. The van der Waals surface area contributed by atoms with Gasteiger partial charge in [0, 0.05) is 37.7 Å². The smallest absolute Gasteiger partial charge is 0.255 e. The number of fused-ring (bicyclic) bond motifs is 1. The molecule has 4 rings (SSSR count). The van der Waals surface area contributed by atoms with Crippen LogP contribution in [0.1, 0.15) is 47.2 Å². The standard InChI is InChI=1S/C19H24N4O3/c24-17-7-6-16(18(25)22-17)23-11-15-12(3-1-5-14(15)19(23)26)9-20-10-13-4-2-8-21-13/h1,3,5,13,16,20-21H,2,4,6-11H2,(H,22,24,25)/t13-,16?/m1/s1. The minimum atomic E-state index is -0.559. The van der Waals surface area contributed by atoms with Crippen LogP contribution in [-0.2, 0) is 22.7 Å². The fraction of sp³-hybridized carbons (Fsp3) is 0.526. The summed E-state index contributed by atoms with van der Waals surface area (Å²) in [7, 11) is 0. The zero-order valence-electron chi connectivity index (χ0n) is 14.7. The Labute approximate surface area is 152 Å². The highest BCUT2D eigenvalue weighted by atomic mass is 16.2. The topological polar surface area (TPSA) is 90.5 Å². The Morgan fingerprint density at radius 1 is 1.19 bits per heavy atom. The highest BCUT2D eigenvalue weighted by Gasteiger charge is 2.39. The summed E-state index contributed by atoms with van der Waals surface area (Å²) in [6, 6.07) is 5.72. The maximum Gasteiger partial charge on any atom is 0.255 e. The third-order valence-corrected chi connectivity index (χ3v) is 5.55. The van der Waals surface area contributed by atoms with Gasteiger partial charge in [-0.2, -0.15) is 0 Å². The molecule has 2 atom stereocenters. The summed E-state index contributed by atoms with van der Waals surface area (Å²) >= 11 is 0. The monoisotopic (exact) mass is 356 g/mol. The van der Waals surface area contributed by atoms with Crippen LogP contribution in [0.4, 0.5) is 0 Å². The lowest BCUT2D eigenvalue weighted by Crippen LogP contribution is -2.52. The minimum Gasteiger partial charge on any atom is -0.322 e. The van der Waals surface area contributed by atoms with E-state index in [0.29, 0.717) is 31.1 Å². The number of imide groups is 1. The molecule has 2 saturated heterocycles. The number of nitrogens with one attached hydrogen (secondary N) is 3. The Bertz CT molecular complexity index is 742. The van der Waals surface area contributed by atoms with Crippen molar-refractivity contribution in [2.45, 2.75) is 50.9 Å². The van der Waals surface area contributed by atoms with Crippen LogP contribution >= 0.6 is 0 Å². The Hall–Kier alpha value is -2.25. The number of nitrogens with zero attached hydrogens (tertiary/aromatic N) is 1. The summed E-state index contributed by atoms with van der Waals surface area (Å²) in [5.74, 6) is -0.746. The van der Waals surface area contributed by atoms with Gasteiger partial charge in [0.1, 0.15) is 6.04 Å². The summed E-state index contributed by atoms with van der Waals surface area (Å²) < 4.78 is 0. The van der Waals surface area contributed by atoms with Gasteiger partial charge in [0.25, 0.3) is 5.91 Å². The van der Waals surface area contributed by atoms with E-state index in [4.69, 9.17) is 0 Å². The third-order valence-electron chi connectivity index (χ3n) is 5.55. The van der Waals surface area contributed by atoms with Gasteiger partial charge in [0.15, 0.2) is 0 Å². The van der Waals surface area contributed by atoms with E-state index < -0.39 is 6.04 Å². The second-order valence-corrected chi connectivity index (χ2v) is 7.27. The molecule has 0 radical (unpaired) electrons. The first kappa shape index (κ1) is 17.2. The van der Waals surface area contributed by atoms with Crippen LogP contribution < -0.4 is 16.0 Å². The van der Waals surface area contributed by atoms with E-state index >= 15 is 0 Å². The second-order valence-electron chi connectivity index (χ2n) is 7.27. The van der Waals surface area contributed by atoms with Crippen molar-refractivity contribution in [3.8, 4) is 0 Å². The lowest BCUT2D eigenvalue weighted by Gasteiger charge is -2.29. The molecule has 1 unspecified atom stereocenters. The number of hydrogen-bond acceptors (Lipinski definition) is 5. The molecular weight excluding hydrogens is 332 g/mol. The van der Waals surface area contributed by atoms with Crippen LogP contribution in [0.2, 0.25) is 0 Å². The largest absolute Gasteiger partial charge is 0.322 e. The highest BCUT2D eigenvalue weighted by molar-refractivity contribution is 6.05. The van der Waals surface area contributed by atoms with Crippen LogP contribution in [0.5, 0.6) is 0 Å². The Kier molecular flexibility index (Phi) is 4.74. The predicted octanol–water partition coefficient (Wildman–Crippen LogP) is 0.289. The first-order chi connectivity index (χ1) is 12.6. The van der Waals surface area contributed by atoms with Crippen LogP contribution in [0.15, 0.2) is 18.2 Å². The molecular formula is C19H24N4O3. The molecule has 138 valence electrons. The zero-order chi connectivity index (χ0) is 18.1. The molecule has 7 heteroatoms. The minimum absolute atomic E-state index is 0.117. The molecule has 0 bridgehead atoms. The SMILES string of the molecule is O=C1CCC(N2Cc3c(CNC[C@H]4CCCN4)cccc3C2=O)C(=O)N1. The summed E-state index contributed by atoms with van der Waals surface area (Å²) in [4.78, 5) is 37.9. The van der Waals surface area contributed by atoms with Crippen molar-refractivity contribution < 1.29 is 14.4 Å². The second kappa shape index (κ2) is 7.17. The number of carbonyl (C=O) groups excluding carboxylic acids is 3. The van der Waals surface area contributed by atoms with Crippen LogP contribution in [0.3, 0.4) is 0 Å². The molecule has 3 amide bonds. The van der Waals surface area contributed by atoms with Crippen molar-refractivity contribution in [2.75, 3.05) is 13.1 Å². The van der Waals surface area contributed by atoms with E-state index in [2.05, 4.69) is 16.0 Å². The van der Waals surface area contributed by atoms with Gasteiger partial charge in [-0.05, 0) is 43.0 Å². The van der Waals surface area contributed by atoms with Gasteiger partial charge < -0.3 is 15.5 Å². The lowest BCUT2D eigenvalue weighted by molar-refractivity contribution is -0.136. The number of piperidine rings is 1. The van der Waals surface area contributed by atoms with Gasteiger partial charge >= 0.3 is 0 Å². The van der Waals surface area contributed by atoms with Crippen molar-refractivity contribution >= 4 is 17.7 Å². The highest BCUT2D eigenvalue weighted by Crippen LogP contribution is 2.29. The van der Waals surface area contributed by atoms with E-state index in [1.807, 2.05) is 18.2 Å². The Morgan fingerprint density at radius 2 is 2.08 bits per heavy atom. The van der Waals surface area contributed by atoms with Gasteiger partial charge in [-0.1, -0.05) is 12.1 Å². The van der Waals surface area contributed by atoms with E-state index in [1.165, 1.54) is 12.8 Å². The molecule has 3 aliphatic heterocycles. The van der Waals surface area contributed by atoms with Gasteiger partial charge in [-0.3, -0.25) is 19.7 Å². The molecule has 0 aliphatic carbocycles. The average molecular weight is 356 g/mol. The van der Waals surface area contributed by atoms with Crippen LogP contribution in [0.25, 0.3) is 0 Å². The van der Waals surface area contributed by atoms with E-state index in [0.717, 1.165) is 24.2 Å². The molecule has 3 heterocycles. The van der Waals surface area contributed by atoms with E-state index in [-0.39, 0.29) is 24.1 Å². The summed E-state index contributed by atoms with van der Waals surface area (Å²) in [6.07, 6.45) is 3.09. The maximum atomic E-state index is 12.8. The fourth-order valence-electron chi connectivity index (χ4n) is 4.13. The van der Waals surface area contributed by atoms with Crippen molar-refractivity contribution in [3.05, 3.63) is 34.9 Å². The van der Waals surface area contributed by atoms with Crippen LogP contribution in [0, 0.1) is 0 Å². The Morgan fingerprint density at radius 3 is 2.85 bits per heavy atom. The molecule has 2 fully saturated rings. The molecule has 1 aromatic rings. The van der Waals surface area contributed by atoms with E-state index in [1.54, 1.807) is 4.90 Å².